The molecule has 3 rings (SSSR count). The van der Waals surface area contributed by atoms with Crippen LogP contribution < -0.4 is 5.32 Å². The first-order valence-corrected chi connectivity index (χ1v) is 10.7. The van der Waals surface area contributed by atoms with Crippen molar-refractivity contribution in [1.29, 1.82) is 0 Å². The highest BCUT2D eigenvalue weighted by molar-refractivity contribution is 7.89. The smallest absolute Gasteiger partial charge is 0.241 e. The van der Waals surface area contributed by atoms with Crippen molar-refractivity contribution >= 4 is 28.3 Å². The molecule has 3 aliphatic heterocycles. The summed E-state index contributed by atoms with van der Waals surface area (Å²) in [5.74, 6) is 0.168. The molecule has 1 N–H and O–H groups in total. The van der Waals surface area contributed by atoms with Crippen LogP contribution in [0.1, 0.15) is 51.9 Å². The Labute approximate surface area is 151 Å². The SMILES string of the molecule is CCCS(=O)(=O)N1CCCCC1C(=O)N1CCC2CCC(C1)N2.Cl. The summed E-state index contributed by atoms with van der Waals surface area (Å²) in [5, 5.41) is 3.58. The maximum atomic E-state index is 13.0. The fourth-order valence-corrected chi connectivity index (χ4v) is 5.95. The van der Waals surface area contributed by atoms with E-state index in [0.29, 0.717) is 31.5 Å². The van der Waals surface area contributed by atoms with Crippen LogP contribution in [0, 0.1) is 0 Å². The molecule has 3 heterocycles. The normalized spacial score (nSPS) is 31.4. The van der Waals surface area contributed by atoms with Crippen molar-refractivity contribution < 1.29 is 13.2 Å². The number of sulfonamides is 1. The Morgan fingerprint density at radius 3 is 2.58 bits per heavy atom. The predicted molar refractivity (Wildman–Crippen MR) is 96.8 cm³/mol. The Balaban J connectivity index is 0.00000208. The van der Waals surface area contributed by atoms with Crippen molar-refractivity contribution in [1.82, 2.24) is 14.5 Å². The molecular weight excluding hydrogens is 350 g/mol. The van der Waals surface area contributed by atoms with Crippen LogP contribution in [0.15, 0.2) is 0 Å². The number of carbonyl (C=O) groups excluding carboxylic acids is 1. The largest absolute Gasteiger partial charge is 0.340 e. The number of nitrogens with one attached hydrogen (secondary N) is 1. The average molecular weight is 380 g/mol. The number of amides is 1. The molecule has 0 aliphatic carbocycles. The van der Waals surface area contributed by atoms with E-state index in [-0.39, 0.29) is 24.1 Å². The highest BCUT2D eigenvalue weighted by Crippen LogP contribution is 2.26. The molecule has 0 spiro atoms. The van der Waals surface area contributed by atoms with Crippen molar-refractivity contribution in [2.45, 2.75) is 70.0 Å². The minimum atomic E-state index is -3.32. The van der Waals surface area contributed by atoms with Crippen molar-refractivity contribution in [3.05, 3.63) is 0 Å². The lowest BCUT2D eigenvalue weighted by Gasteiger charge is -2.37. The van der Waals surface area contributed by atoms with Gasteiger partial charge in [-0.25, -0.2) is 8.42 Å². The second-order valence-electron chi connectivity index (χ2n) is 7.15. The fourth-order valence-electron chi connectivity index (χ4n) is 4.21. The Morgan fingerprint density at radius 1 is 1.08 bits per heavy atom. The third kappa shape index (κ3) is 4.23. The molecule has 1 amide bonds. The second-order valence-corrected chi connectivity index (χ2v) is 9.19. The molecule has 3 aliphatic rings. The van der Waals surface area contributed by atoms with Crippen molar-refractivity contribution in [2.75, 3.05) is 25.4 Å². The van der Waals surface area contributed by atoms with Crippen LogP contribution in [-0.4, -0.2) is 67.0 Å². The monoisotopic (exact) mass is 379 g/mol. The van der Waals surface area contributed by atoms with E-state index >= 15 is 0 Å². The summed E-state index contributed by atoms with van der Waals surface area (Å²) in [4.78, 5) is 15.0. The van der Waals surface area contributed by atoms with Gasteiger partial charge in [-0.2, -0.15) is 4.31 Å². The Bertz CT molecular complexity index is 543. The Morgan fingerprint density at radius 2 is 1.83 bits per heavy atom. The molecule has 2 bridgehead atoms. The maximum Gasteiger partial charge on any atom is 0.241 e. The fraction of sp³-hybridized carbons (Fsp3) is 0.938. The third-order valence-electron chi connectivity index (χ3n) is 5.39. The summed E-state index contributed by atoms with van der Waals surface area (Å²) < 4.78 is 26.5. The van der Waals surface area contributed by atoms with Crippen LogP contribution in [0.3, 0.4) is 0 Å². The van der Waals surface area contributed by atoms with Crippen LogP contribution in [0.2, 0.25) is 0 Å². The van der Waals surface area contributed by atoms with Gasteiger partial charge in [0.05, 0.1) is 5.75 Å². The summed E-state index contributed by atoms with van der Waals surface area (Å²) in [6, 6.07) is 0.441. The quantitative estimate of drug-likeness (QED) is 0.800. The van der Waals surface area contributed by atoms with Crippen molar-refractivity contribution in [3.63, 3.8) is 0 Å². The highest BCUT2D eigenvalue weighted by atomic mass is 35.5. The van der Waals surface area contributed by atoms with Gasteiger partial charge in [-0.1, -0.05) is 13.3 Å². The van der Waals surface area contributed by atoms with E-state index in [2.05, 4.69) is 5.32 Å². The van der Waals surface area contributed by atoms with Gasteiger partial charge in [-0.05, 0) is 38.5 Å². The Hall–Kier alpha value is -0.370. The topological polar surface area (TPSA) is 69.7 Å². The third-order valence-corrected chi connectivity index (χ3v) is 7.47. The molecule has 6 nitrogen and oxygen atoms in total. The van der Waals surface area contributed by atoms with Gasteiger partial charge in [0.2, 0.25) is 15.9 Å². The highest BCUT2D eigenvalue weighted by Gasteiger charge is 2.40. The van der Waals surface area contributed by atoms with Crippen molar-refractivity contribution in [3.8, 4) is 0 Å². The molecule has 3 saturated heterocycles. The van der Waals surface area contributed by atoms with E-state index in [1.54, 1.807) is 0 Å². The number of carbonyl (C=O) groups is 1. The summed E-state index contributed by atoms with van der Waals surface area (Å²) in [7, 11) is -3.32. The lowest BCUT2D eigenvalue weighted by molar-refractivity contribution is -0.136. The molecule has 3 fully saturated rings. The number of likely N-dealkylation sites (tertiary alicyclic amines) is 1. The first-order chi connectivity index (χ1) is 11.0. The van der Waals surface area contributed by atoms with Gasteiger partial charge in [0.1, 0.15) is 6.04 Å². The summed E-state index contributed by atoms with van der Waals surface area (Å²) in [5.41, 5.74) is 0. The van der Waals surface area contributed by atoms with Crippen molar-refractivity contribution in [2.24, 2.45) is 0 Å². The molecule has 0 aromatic rings. The average Bonchev–Trinajstić information content (AvgIpc) is 2.86. The summed E-state index contributed by atoms with van der Waals surface area (Å²) in [6.07, 6.45) is 6.36. The number of piperidine rings is 1. The molecule has 140 valence electrons. The van der Waals surface area contributed by atoms with Crippen LogP contribution in [0.5, 0.6) is 0 Å². The molecule has 3 unspecified atom stereocenters. The van der Waals surface area contributed by atoms with Gasteiger partial charge < -0.3 is 10.2 Å². The standard InChI is InChI=1S/C16H29N3O3S.ClH/c1-2-11-23(21,22)19-9-4-3-5-15(19)16(20)18-10-8-13-6-7-14(12-18)17-13;/h13-15,17H,2-12H2,1H3;1H. The van der Waals surface area contributed by atoms with E-state index in [4.69, 9.17) is 0 Å². The molecule has 0 saturated carbocycles. The van der Waals surface area contributed by atoms with E-state index in [0.717, 1.165) is 38.8 Å². The first kappa shape index (κ1) is 19.9. The molecule has 24 heavy (non-hydrogen) atoms. The van der Waals surface area contributed by atoms with Gasteiger partial charge in [-0.15, -0.1) is 12.4 Å². The van der Waals surface area contributed by atoms with Gasteiger partial charge in [-0.3, -0.25) is 4.79 Å². The molecular formula is C16H30ClN3O3S. The molecule has 0 radical (unpaired) electrons. The molecule has 0 aromatic heterocycles. The minimum absolute atomic E-state index is 0. The first-order valence-electron chi connectivity index (χ1n) is 9.05. The second kappa shape index (κ2) is 8.34. The van der Waals surface area contributed by atoms with E-state index in [9.17, 15) is 13.2 Å². The van der Waals surface area contributed by atoms with Crippen LogP contribution >= 0.6 is 12.4 Å². The summed E-state index contributed by atoms with van der Waals surface area (Å²) in [6.45, 7) is 3.85. The number of hydrogen-bond donors (Lipinski definition) is 1. The number of halogens is 1. The van der Waals surface area contributed by atoms with E-state index in [1.165, 1.54) is 10.7 Å². The predicted octanol–water partition coefficient (Wildman–Crippen LogP) is 1.36. The van der Waals surface area contributed by atoms with Gasteiger partial charge >= 0.3 is 0 Å². The van der Waals surface area contributed by atoms with Gasteiger partial charge in [0, 0.05) is 31.7 Å². The number of hydrogen-bond acceptors (Lipinski definition) is 4. The zero-order valence-electron chi connectivity index (χ0n) is 14.4. The van der Waals surface area contributed by atoms with E-state index < -0.39 is 16.1 Å². The van der Waals surface area contributed by atoms with Crippen LogP contribution in [0.25, 0.3) is 0 Å². The number of fused-ring (bicyclic) bond motifs is 2. The number of rotatable bonds is 4. The number of nitrogens with zero attached hydrogens (tertiary/aromatic N) is 2. The molecule has 8 heteroatoms. The zero-order valence-corrected chi connectivity index (χ0v) is 16.1. The van der Waals surface area contributed by atoms with Gasteiger partial charge in [0.15, 0.2) is 0 Å². The maximum absolute atomic E-state index is 13.0. The van der Waals surface area contributed by atoms with Gasteiger partial charge in [0.25, 0.3) is 0 Å². The van der Waals surface area contributed by atoms with E-state index in [1.807, 2.05) is 11.8 Å². The zero-order chi connectivity index (χ0) is 16.4. The van der Waals surface area contributed by atoms with Crippen LogP contribution in [0.4, 0.5) is 0 Å². The minimum Gasteiger partial charge on any atom is -0.340 e. The lowest BCUT2D eigenvalue weighted by Crippen LogP contribution is -2.54. The van der Waals surface area contributed by atoms with Crippen LogP contribution in [-0.2, 0) is 14.8 Å². The molecule has 3 atom stereocenters. The summed E-state index contributed by atoms with van der Waals surface area (Å²) >= 11 is 0. The molecule has 0 aromatic carbocycles. The lowest BCUT2D eigenvalue weighted by atomic mass is 10.0. The Kier molecular flexibility index (Phi) is 6.93.